The molecule has 2 aromatic rings. The van der Waals surface area contributed by atoms with Crippen molar-refractivity contribution in [1.82, 2.24) is 5.32 Å². The molecule has 0 bridgehead atoms. The molecule has 0 unspecified atom stereocenters. The number of carbonyl (C=O) groups excluding carboxylic acids is 1. The molecule has 1 saturated heterocycles. The maximum atomic E-state index is 13.7. The Morgan fingerprint density at radius 1 is 1.13 bits per heavy atom. The zero-order valence-electron chi connectivity index (χ0n) is 18.5. The van der Waals surface area contributed by atoms with Crippen molar-refractivity contribution in [3.8, 4) is 5.75 Å². The smallest absolute Gasteiger partial charge is 0.268 e. The minimum absolute atomic E-state index is 0.0212. The maximum Gasteiger partial charge on any atom is 0.268 e. The fourth-order valence-corrected chi connectivity index (χ4v) is 5.38. The summed E-state index contributed by atoms with van der Waals surface area (Å²) in [7, 11) is -2.64. The van der Waals surface area contributed by atoms with Gasteiger partial charge in [0.1, 0.15) is 17.2 Å². The van der Waals surface area contributed by atoms with Crippen LogP contribution < -0.4 is 14.4 Å². The van der Waals surface area contributed by atoms with E-state index in [1.165, 1.54) is 7.11 Å². The van der Waals surface area contributed by atoms with Crippen molar-refractivity contribution in [2.75, 3.05) is 31.1 Å². The first kappa shape index (κ1) is 23.1. The highest BCUT2D eigenvalue weighted by Crippen LogP contribution is 2.31. The van der Waals surface area contributed by atoms with E-state index in [1.807, 2.05) is 26.8 Å². The Labute approximate surface area is 184 Å². The lowest BCUT2D eigenvalue weighted by molar-refractivity contribution is -0.120. The second-order valence-electron chi connectivity index (χ2n) is 7.95. The molecule has 1 fully saturated rings. The lowest BCUT2D eigenvalue weighted by Gasteiger charge is -2.26. The Bertz CT molecular complexity index is 1030. The van der Waals surface area contributed by atoms with Gasteiger partial charge in [-0.25, -0.2) is 8.42 Å². The first-order chi connectivity index (χ1) is 14.7. The zero-order chi connectivity index (χ0) is 22.6. The van der Waals surface area contributed by atoms with Gasteiger partial charge in [-0.2, -0.15) is 0 Å². The molecule has 1 amide bonds. The highest BCUT2D eigenvalue weighted by molar-refractivity contribution is 7.93. The third-order valence-electron chi connectivity index (χ3n) is 5.22. The highest BCUT2D eigenvalue weighted by Gasteiger charge is 2.30. The molecule has 0 aromatic heterocycles. The fourth-order valence-electron chi connectivity index (χ4n) is 3.73. The van der Waals surface area contributed by atoms with Crippen LogP contribution in [0.15, 0.2) is 41.3 Å². The predicted molar refractivity (Wildman–Crippen MR) is 120 cm³/mol. The first-order valence-electron chi connectivity index (χ1n) is 10.3. The molecule has 7 nitrogen and oxygen atoms in total. The molecule has 168 valence electrons. The summed E-state index contributed by atoms with van der Waals surface area (Å²) in [4.78, 5) is 12.8. The predicted octanol–water partition coefficient (Wildman–Crippen LogP) is 3.11. The summed E-state index contributed by atoms with van der Waals surface area (Å²) in [5, 5.41) is 2.82. The molecule has 1 aliphatic heterocycles. The van der Waals surface area contributed by atoms with Crippen molar-refractivity contribution in [2.45, 2.75) is 44.6 Å². The van der Waals surface area contributed by atoms with E-state index in [1.54, 1.807) is 30.3 Å². The van der Waals surface area contributed by atoms with E-state index >= 15 is 0 Å². The van der Waals surface area contributed by atoms with Crippen molar-refractivity contribution in [3.05, 3.63) is 53.1 Å². The van der Waals surface area contributed by atoms with Gasteiger partial charge in [0.05, 0.1) is 18.9 Å². The molecule has 1 heterocycles. The lowest BCUT2D eigenvalue weighted by atomic mass is 10.1. The number of sulfonamides is 1. The number of hydrogen-bond donors (Lipinski definition) is 1. The van der Waals surface area contributed by atoms with Crippen LogP contribution >= 0.6 is 0 Å². The molecule has 2 aromatic carbocycles. The fraction of sp³-hybridized carbons (Fsp3) is 0.435. The van der Waals surface area contributed by atoms with Crippen LogP contribution in [-0.4, -0.2) is 47.2 Å². The number of amides is 1. The van der Waals surface area contributed by atoms with Gasteiger partial charge in [-0.15, -0.1) is 0 Å². The molecular formula is C23H30N2O5S. The van der Waals surface area contributed by atoms with Crippen LogP contribution in [0, 0.1) is 20.8 Å². The molecule has 0 aliphatic carbocycles. The molecule has 0 spiro atoms. The summed E-state index contributed by atoms with van der Waals surface area (Å²) in [6, 6.07) is 10.5. The molecule has 1 aliphatic rings. The third-order valence-corrected chi connectivity index (χ3v) is 7.01. The number of anilines is 1. The van der Waals surface area contributed by atoms with Gasteiger partial charge in [0.25, 0.3) is 10.0 Å². The van der Waals surface area contributed by atoms with Gasteiger partial charge in [0.2, 0.25) is 5.91 Å². The van der Waals surface area contributed by atoms with Crippen LogP contribution in [0.25, 0.3) is 0 Å². The Balaban J connectivity index is 1.97. The zero-order valence-corrected chi connectivity index (χ0v) is 19.3. The Morgan fingerprint density at radius 3 is 2.45 bits per heavy atom. The molecule has 31 heavy (non-hydrogen) atoms. The normalized spacial score (nSPS) is 16.2. The monoisotopic (exact) mass is 446 g/mol. The Kier molecular flexibility index (Phi) is 7.23. The average molecular weight is 447 g/mol. The van der Waals surface area contributed by atoms with Crippen LogP contribution in [0.3, 0.4) is 0 Å². The second kappa shape index (κ2) is 9.70. The van der Waals surface area contributed by atoms with E-state index < -0.39 is 10.0 Å². The summed E-state index contributed by atoms with van der Waals surface area (Å²) >= 11 is 0. The van der Waals surface area contributed by atoms with Crippen molar-refractivity contribution < 1.29 is 22.7 Å². The number of carbonyl (C=O) groups is 1. The van der Waals surface area contributed by atoms with Gasteiger partial charge in [-0.3, -0.25) is 9.10 Å². The third kappa shape index (κ3) is 5.57. The summed E-state index contributed by atoms with van der Waals surface area (Å²) in [6.45, 7) is 6.32. The van der Waals surface area contributed by atoms with Crippen molar-refractivity contribution >= 4 is 21.6 Å². The largest absolute Gasteiger partial charge is 0.495 e. The minimum Gasteiger partial charge on any atom is -0.495 e. The van der Waals surface area contributed by atoms with Gasteiger partial charge in [0.15, 0.2) is 0 Å². The number of nitrogens with zero attached hydrogens (tertiary/aromatic N) is 1. The van der Waals surface area contributed by atoms with Crippen molar-refractivity contribution in [2.24, 2.45) is 0 Å². The molecule has 1 atom stereocenters. The first-order valence-corrected chi connectivity index (χ1v) is 11.8. The van der Waals surface area contributed by atoms with E-state index in [9.17, 15) is 13.2 Å². The molecule has 8 heteroatoms. The SMILES string of the molecule is COc1ccc(C)cc1S(=O)(=O)N(CC(=O)NC[C@H]1CCCO1)c1cc(C)cc(C)c1. The number of nitrogens with one attached hydrogen (secondary N) is 1. The van der Waals surface area contributed by atoms with Gasteiger partial charge < -0.3 is 14.8 Å². The van der Waals surface area contributed by atoms with Crippen LogP contribution in [0.5, 0.6) is 5.75 Å². The number of aryl methyl sites for hydroxylation is 3. The standard InChI is InChI=1S/C23H30N2O5S/c1-16-7-8-21(29-4)22(13-16)31(27,28)25(19-11-17(2)10-18(3)12-19)15-23(26)24-14-20-6-5-9-30-20/h7-8,10-13,20H,5-6,9,14-15H2,1-4H3,(H,24,26)/t20-/m1/s1. The second-order valence-corrected chi connectivity index (χ2v) is 9.78. The van der Waals surface area contributed by atoms with Gasteiger partial charge in [0, 0.05) is 13.2 Å². The number of methoxy groups -OCH3 is 1. The summed E-state index contributed by atoms with van der Waals surface area (Å²) in [5.41, 5.74) is 3.04. The number of ether oxygens (including phenoxy) is 2. The Hall–Kier alpha value is -2.58. The molecular weight excluding hydrogens is 416 g/mol. The summed E-state index contributed by atoms with van der Waals surface area (Å²) < 4.78 is 39.5. The molecule has 0 saturated carbocycles. The quantitative estimate of drug-likeness (QED) is 0.674. The summed E-state index contributed by atoms with van der Waals surface area (Å²) in [5.74, 6) is -0.149. The van der Waals surface area contributed by atoms with Crippen molar-refractivity contribution in [1.29, 1.82) is 0 Å². The lowest BCUT2D eigenvalue weighted by Crippen LogP contribution is -2.43. The number of hydrogen-bond acceptors (Lipinski definition) is 5. The summed E-state index contributed by atoms with van der Waals surface area (Å²) in [6.07, 6.45) is 1.84. The van der Waals surface area contributed by atoms with Gasteiger partial charge >= 0.3 is 0 Å². The van der Waals surface area contributed by atoms with E-state index in [-0.39, 0.29) is 29.2 Å². The van der Waals surface area contributed by atoms with Crippen LogP contribution in [-0.2, 0) is 19.6 Å². The number of rotatable bonds is 8. The molecule has 1 N–H and O–H groups in total. The van der Waals surface area contributed by atoms with Crippen molar-refractivity contribution in [3.63, 3.8) is 0 Å². The molecule has 3 rings (SSSR count). The highest BCUT2D eigenvalue weighted by atomic mass is 32.2. The van der Waals surface area contributed by atoms with Gasteiger partial charge in [-0.1, -0.05) is 12.1 Å². The van der Waals surface area contributed by atoms with E-state index in [2.05, 4.69) is 5.32 Å². The Morgan fingerprint density at radius 2 is 1.84 bits per heavy atom. The molecule has 0 radical (unpaired) electrons. The van der Waals surface area contributed by atoms with E-state index in [0.29, 0.717) is 18.8 Å². The topological polar surface area (TPSA) is 84.9 Å². The average Bonchev–Trinajstić information content (AvgIpc) is 3.23. The number of benzene rings is 2. The maximum absolute atomic E-state index is 13.7. The van der Waals surface area contributed by atoms with Crippen LogP contribution in [0.4, 0.5) is 5.69 Å². The van der Waals surface area contributed by atoms with E-state index in [4.69, 9.17) is 9.47 Å². The minimum atomic E-state index is -4.07. The van der Waals surface area contributed by atoms with Crippen LogP contribution in [0.2, 0.25) is 0 Å². The van der Waals surface area contributed by atoms with Gasteiger partial charge in [-0.05, 0) is 74.6 Å². The van der Waals surface area contributed by atoms with E-state index in [0.717, 1.165) is 33.8 Å². The van der Waals surface area contributed by atoms with Crippen LogP contribution in [0.1, 0.15) is 29.5 Å².